The molecule has 2 aromatic carbocycles. The van der Waals surface area contributed by atoms with Crippen LogP contribution in [0.3, 0.4) is 0 Å². The number of fused-ring (bicyclic) bond motifs is 1. The van der Waals surface area contributed by atoms with Crippen molar-refractivity contribution in [3.05, 3.63) is 70.3 Å². The monoisotopic (exact) mass is 938 g/mol. The van der Waals surface area contributed by atoms with E-state index in [2.05, 4.69) is 72.1 Å². The van der Waals surface area contributed by atoms with Gasteiger partial charge in [0.15, 0.2) is 8.32 Å². The van der Waals surface area contributed by atoms with Gasteiger partial charge in [-0.05, 0) is 18.1 Å². The van der Waals surface area contributed by atoms with Crippen molar-refractivity contribution < 1.29 is 56.8 Å². The van der Waals surface area contributed by atoms with Gasteiger partial charge in [0.1, 0.15) is 0 Å². The average Bonchev–Trinajstić information content (AvgIpc) is 3.22. The number of non-ortho nitro benzene ring substituents is 1. The van der Waals surface area contributed by atoms with Gasteiger partial charge in [-0.25, -0.2) is 0 Å². The molecule has 1 amide bonds. The van der Waals surface area contributed by atoms with E-state index in [9.17, 15) is 19.7 Å². The van der Waals surface area contributed by atoms with Crippen LogP contribution >= 0.6 is 0 Å². The molecule has 0 spiro atoms. The summed E-state index contributed by atoms with van der Waals surface area (Å²) in [6, 6.07) is 15.2. The van der Waals surface area contributed by atoms with E-state index in [1.165, 1.54) is 35.8 Å². The number of carbonyl (C=O) groups excluding carboxylic acids is 2. The Morgan fingerprint density at radius 2 is 1.69 bits per heavy atom. The molecule has 340 valence electrons. The number of nitro groups is 1. The second kappa shape index (κ2) is 20.4. The number of carbonyl (C=O) groups is 2. The quantitative estimate of drug-likeness (QED) is 0.0846. The van der Waals surface area contributed by atoms with Crippen LogP contribution in [-0.2, 0) is 47.1 Å². The van der Waals surface area contributed by atoms with E-state index in [0.29, 0.717) is 13.0 Å². The zero-order valence-electron chi connectivity index (χ0n) is 37.7. The van der Waals surface area contributed by atoms with Crippen LogP contribution in [0.2, 0.25) is 23.5 Å². The standard InChI is InChI=1S/C44H66N2O13SeSi/c1-27-28(2)59-44(53-10,23-30(27)25-60-33-16-14-13-15-17-33)38(58-41(48)29-18-20-31(21-19-29)46(49)50)39(47)45-40-36-35(54-26-55-40)37(52-9)43(6,7)34(57-36)22-32(51-8)24-56-61(11,12)42(3,4)5/h13-21,27-28,30,32,34-38,40H,22-26H2,1-12H3,(H,45,47)/t27-,28+,30-,32-,34+,35-,36-,37+,38+,40-,44+/m0/s1. The third kappa shape index (κ3) is 11.3. The minimum atomic E-state index is -2.09. The van der Waals surface area contributed by atoms with E-state index in [1.807, 2.05) is 25.1 Å². The van der Waals surface area contributed by atoms with Gasteiger partial charge in [0.05, 0.1) is 12.7 Å². The van der Waals surface area contributed by atoms with Gasteiger partial charge in [-0.3, -0.25) is 10.1 Å². The molecule has 0 bridgehead atoms. The van der Waals surface area contributed by atoms with Gasteiger partial charge in [-0.2, -0.15) is 0 Å². The number of nitrogens with one attached hydrogen (secondary N) is 1. The van der Waals surface area contributed by atoms with Gasteiger partial charge in [0.25, 0.3) is 0 Å². The van der Waals surface area contributed by atoms with Gasteiger partial charge < -0.3 is 9.16 Å². The molecular weight excluding hydrogens is 872 g/mol. The minimum Gasteiger partial charge on any atom is -0.0548 e. The summed E-state index contributed by atoms with van der Waals surface area (Å²) in [5.74, 6) is -3.22. The minimum absolute atomic E-state index is 0.00655. The summed E-state index contributed by atoms with van der Waals surface area (Å²) in [5.41, 5.74) is -0.764. The Labute approximate surface area is 367 Å². The zero-order valence-corrected chi connectivity index (χ0v) is 40.4. The number of hydrogen-bond donors (Lipinski definition) is 1. The van der Waals surface area contributed by atoms with Gasteiger partial charge in [-0.15, -0.1) is 0 Å². The topological polar surface area (TPSA) is 172 Å². The van der Waals surface area contributed by atoms with E-state index in [-0.39, 0.29) is 68.5 Å². The van der Waals surface area contributed by atoms with Crippen LogP contribution in [-0.4, -0.2) is 130 Å². The fourth-order valence-electron chi connectivity index (χ4n) is 8.04. The van der Waals surface area contributed by atoms with Crippen molar-refractivity contribution in [2.45, 2.75) is 140 Å². The Bertz CT molecular complexity index is 1780. The predicted octanol–water partition coefficient (Wildman–Crippen LogP) is 6.02. The van der Waals surface area contributed by atoms with Crippen molar-refractivity contribution in [1.82, 2.24) is 5.32 Å². The molecule has 0 radical (unpaired) electrons. The summed E-state index contributed by atoms with van der Waals surface area (Å²) in [4.78, 5) is 39.6. The summed E-state index contributed by atoms with van der Waals surface area (Å²) in [5, 5.41) is 15.2. The maximum absolute atomic E-state index is 14.9. The summed E-state index contributed by atoms with van der Waals surface area (Å²) in [6.45, 7) is 19.3. The molecule has 3 aliphatic heterocycles. The number of esters is 1. The summed E-state index contributed by atoms with van der Waals surface area (Å²) >= 11 is 0.105. The molecule has 1 N–H and O–H groups in total. The van der Waals surface area contributed by atoms with Gasteiger partial charge in [0, 0.05) is 14.2 Å². The van der Waals surface area contributed by atoms with Crippen LogP contribution in [0.4, 0.5) is 5.69 Å². The SMILES string of the molecule is CO[C@H](CO[Si](C)(C)C(C)(C)C)C[C@H]1O[C@H]2[C@H](OCO[C@@H]2NC(=O)[C@@H](OC(=O)c2ccc([N+](=O)[O-])cc2)[C@@]2(OC)C[C@@H](C[Se]c3ccccc3)[C@@H](C)[C@@H](C)O2)[C@@H](OC)C1(C)C. The Morgan fingerprint density at radius 1 is 1.02 bits per heavy atom. The number of rotatable bonds is 17. The fraction of sp³-hybridized carbons (Fsp3) is 0.682. The molecule has 0 aliphatic carbocycles. The average molecular weight is 938 g/mol. The number of benzene rings is 2. The van der Waals surface area contributed by atoms with E-state index < -0.39 is 73.1 Å². The zero-order chi connectivity index (χ0) is 44.9. The van der Waals surface area contributed by atoms with Crippen LogP contribution in [0.25, 0.3) is 0 Å². The molecule has 11 atom stereocenters. The molecule has 3 saturated heterocycles. The molecule has 3 fully saturated rings. The smallest absolute Gasteiger partial charge is 0.0548 e. The Balaban J connectivity index is 1.44. The normalized spacial score (nSPS) is 30.1. The second-order valence-corrected chi connectivity index (χ2v) is 25.6. The van der Waals surface area contributed by atoms with Crippen molar-refractivity contribution in [2.75, 3.05) is 34.7 Å². The predicted molar refractivity (Wildman–Crippen MR) is 231 cm³/mol. The first kappa shape index (κ1) is 49.2. The molecule has 3 heterocycles. The Morgan fingerprint density at radius 3 is 2.28 bits per heavy atom. The van der Waals surface area contributed by atoms with Crippen LogP contribution in [0, 0.1) is 27.4 Å². The number of hydrogen-bond acceptors (Lipinski definition) is 13. The molecule has 17 heteroatoms. The first-order valence-corrected chi connectivity index (χ1v) is 25.9. The van der Waals surface area contributed by atoms with Crippen molar-refractivity contribution >= 4 is 45.3 Å². The Hall–Kier alpha value is -2.80. The molecule has 3 aliphatic rings. The molecule has 15 nitrogen and oxygen atoms in total. The van der Waals surface area contributed by atoms with E-state index in [4.69, 9.17) is 42.3 Å². The third-order valence-electron chi connectivity index (χ3n) is 13.2. The van der Waals surface area contributed by atoms with Gasteiger partial charge >= 0.3 is 262 Å². The number of methoxy groups -OCH3 is 3. The summed E-state index contributed by atoms with van der Waals surface area (Å²) in [6.07, 6.45) is -5.13. The van der Waals surface area contributed by atoms with Crippen LogP contribution < -0.4 is 9.78 Å². The fourth-order valence-corrected chi connectivity index (χ4v) is 11.5. The van der Waals surface area contributed by atoms with Crippen molar-refractivity contribution in [2.24, 2.45) is 17.3 Å². The first-order valence-electron chi connectivity index (χ1n) is 20.9. The van der Waals surface area contributed by atoms with Crippen molar-refractivity contribution in [1.29, 1.82) is 0 Å². The number of nitro benzene ring substituents is 1. The van der Waals surface area contributed by atoms with E-state index in [0.717, 1.165) is 5.32 Å². The molecule has 61 heavy (non-hydrogen) atoms. The molecule has 0 saturated carbocycles. The molecular formula is C44H66N2O13SeSi. The van der Waals surface area contributed by atoms with Crippen LogP contribution in [0.15, 0.2) is 54.6 Å². The molecule has 5 rings (SSSR count). The number of nitrogens with zero attached hydrogens (tertiary/aromatic N) is 1. The van der Waals surface area contributed by atoms with Gasteiger partial charge in [-0.1, -0.05) is 34.6 Å². The van der Waals surface area contributed by atoms with E-state index >= 15 is 0 Å². The van der Waals surface area contributed by atoms with Crippen molar-refractivity contribution in [3.8, 4) is 0 Å². The van der Waals surface area contributed by atoms with Crippen LogP contribution in [0.5, 0.6) is 0 Å². The molecule has 2 aromatic rings. The number of amides is 1. The summed E-state index contributed by atoms with van der Waals surface area (Å²) < 4.78 is 57.9. The van der Waals surface area contributed by atoms with Crippen LogP contribution in [0.1, 0.15) is 71.7 Å². The first-order chi connectivity index (χ1) is 28.7. The Kier molecular flexibility index (Phi) is 16.4. The molecule has 0 aromatic heterocycles. The third-order valence-corrected chi connectivity index (χ3v) is 20.3. The van der Waals surface area contributed by atoms with Crippen molar-refractivity contribution in [3.63, 3.8) is 0 Å². The summed E-state index contributed by atoms with van der Waals surface area (Å²) in [7, 11) is 2.63. The maximum atomic E-state index is 14.9. The van der Waals surface area contributed by atoms with E-state index in [1.54, 1.807) is 14.2 Å². The molecule has 0 unspecified atom stereocenters. The number of ether oxygens (including phenoxy) is 8. The van der Waals surface area contributed by atoms with Gasteiger partial charge in [0.2, 0.25) is 0 Å². The second-order valence-electron chi connectivity index (χ2n) is 18.5.